The standard InChI is InChI=1S/C19H21N7O/c1-15-4-2-3-5-16(15)12-19(27)25-10-8-24(9-11-25)17-6-7-18(23-22-17)26-14-20-13-21-26/h2-7,13-14H,8-12H2,1H3. The minimum atomic E-state index is 0.177. The maximum absolute atomic E-state index is 12.6. The van der Waals surface area contributed by atoms with Crippen molar-refractivity contribution in [3.8, 4) is 5.82 Å². The van der Waals surface area contributed by atoms with Crippen molar-refractivity contribution in [3.63, 3.8) is 0 Å². The van der Waals surface area contributed by atoms with Gasteiger partial charge in [0.25, 0.3) is 0 Å². The fraction of sp³-hybridized carbons (Fsp3) is 0.316. The van der Waals surface area contributed by atoms with Crippen molar-refractivity contribution in [3.05, 3.63) is 60.2 Å². The van der Waals surface area contributed by atoms with E-state index in [1.54, 1.807) is 11.0 Å². The van der Waals surface area contributed by atoms with Crippen molar-refractivity contribution < 1.29 is 4.79 Å². The highest BCUT2D eigenvalue weighted by atomic mass is 16.2. The maximum Gasteiger partial charge on any atom is 0.227 e. The van der Waals surface area contributed by atoms with E-state index in [4.69, 9.17) is 0 Å². The van der Waals surface area contributed by atoms with Crippen molar-refractivity contribution in [1.82, 2.24) is 29.9 Å². The molecule has 0 N–H and O–H groups in total. The van der Waals surface area contributed by atoms with Gasteiger partial charge >= 0.3 is 0 Å². The Labute approximate surface area is 157 Å². The molecule has 8 heteroatoms. The third-order valence-corrected chi connectivity index (χ3v) is 4.85. The molecule has 3 aromatic rings. The predicted octanol–water partition coefficient (Wildman–Crippen LogP) is 1.26. The Hall–Kier alpha value is -3.29. The minimum Gasteiger partial charge on any atom is -0.352 e. The van der Waals surface area contributed by atoms with Crippen LogP contribution in [0.15, 0.2) is 49.1 Å². The Bertz CT molecular complexity index is 900. The fourth-order valence-corrected chi connectivity index (χ4v) is 3.20. The van der Waals surface area contributed by atoms with E-state index in [0.717, 1.165) is 30.0 Å². The zero-order chi connectivity index (χ0) is 18.6. The first-order valence-electron chi connectivity index (χ1n) is 8.97. The minimum absolute atomic E-state index is 0.177. The van der Waals surface area contributed by atoms with Crippen LogP contribution in [-0.2, 0) is 11.2 Å². The average molecular weight is 363 g/mol. The Morgan fingerprint density at radius 3 is 2.41 bits per heavy atom. The molecule has 0 atom stereocenters. The molecule has 0 radical (unpaired) electrons. The summed E-state index contributed by atoms with van der Waals surface area (Å²) < 4.78 is 1.57. The summed E-state index contributed by atoms with van der Waals surface area (Å²) in [5.41, 5.74) is 2.26. The van der Waals surface area contributed by atoms with Crippen molar-refractivity contribution in [2.75, 3.05) is 31.1 Å². The van der Waals surface area contributed by atoms with Crippen LogP contribution >= 0.6 is 0 Å². The molecular formula is C19H21N7O. The summed E-state index contributed by atoms with van der Waals surface area (Å²) in [4.78, 5) is 20.6. The van der Waals surface area contributed by atoms with Crippen LogP contribution in [-0.4, -0.2) is 61.9 Å². The number of aromatic nitrogens is 5. The van der Waals surface area contributed by atoms with Gasteiger partial charge in [-0.25, -0.2) is 9.67 Å². The van der Waals surface area contributed by atoms with Gasteiger partial charge in [0.2, 0.25) is 5.91 Å². The molecule has 8 nitrogen and oxygen atoms in total. The van der Waals surface area contributed by atoms with Gasteiger partial charge in [-0.1, -0.05) is 24.3 Å². The topological polar surface area (TPSA) is 80.0 Å². The first-order chi connectivity index (χ1) is 13.2. The monoisotopic (exact) mass is 363 g/mol. The fourth-order valence-electron chi connectivity index (χ4n) is 3.20. The lowest BCUT2D eigenvalue weighted by Gasteiger charge is -2.35. The number of carbonyl (C=O) groups excluding carboxylic acids is 1. The van der Waals surface area contributed by atoms with Crippen molar-refractivity contribution in [1.29, 1.82) is 0 Å². The van der Waals surface area contributed by atoms with Crippen LogP contribution in [0, 0.1) is 6.92 Å². The second-order valence-electron chi connectivity index (χ2n) is 6.56. The molecule has 1 amide bonds. The number of piperazine rings is 1. The summed E-state index contributed by atoms with van der Waals surface area (Å²) in [6, 6.07) is 11.8. The van der Waals surface area contributed by atoms with Crippen LogP contribution in [0.25, 0.3) is 5.82 Å². The van der Waals surface area contributed by atoms with Crippen LogP contribution in [0.3, 0.4) is 0 Å². The molecule has 0 aliphatic carbocycles. The first-order valence-corrected chi connectivity index (χ1v) is 8.97. The van der Waals surface area contributed by atoms with Gasteiger partial charge in [-0.3, -0.25) is 4.79 Å². The van der Waals surface area contributed by atoms with Gasteiger partial charge in [-0.15, -0.1) is 10.2 Å². The Balaban J connectivity index is 1.34. The van der Waals surface area contributed by atoms with E-state index >= 15 is 0 Å². The van der Waals surface area contributed by atoms with Gasteiger partial charge in [0.15, 0.2) is 11.6 Å². The van der Waals surface area contributed by atoms with Crippen LogP contribution in [0.5, 0.6) is 0 Å². The molecule has 27 heavy (non-hydrogen) atoms. The van der Waals surface area contributed by atoms with E-state index in [1.165, 1.54) is 6.33 Å². The molecule has 1 aliphatic rings. The molecule has 1 aromatic carbocycles. The third-order valence-electron chi connectivity index (χ3n) is 4.85. The SMILES string of the molecule is Cc1ccccc1CC(=O)N1CCN(c2ccc(-n3cncn3)nn2)CC1. The molecule has 0 spiro atoms. The summed E-state index contributed by atoms with van der Waals surface area (Å²) in [5.74, 6) is 1.62. The van der Waals surface area contributed by atoms with Crippen LogP contribution in [0.1, 0.15) is 11.1 Å². The molecule has 0 unspecified atom stereocenters. The van der Waals surface area contributed by atoms with Gasteiger partial charge in [-0.05, 0) is 30.2 Å². The number of carbonyl (C=O) groups is 1. The highest BCUT2D eigenvalue weighted by Crippen LogP contribution is 2.15. The summed E-state index contributed by atoms with van der Waals surface area (Å²) in [5, 5.41) is 12.5. The lowest BCUT2D eigenvalue weighted by molar-refractivity contribution is -0.130. The number of hydrogen-bond donors (Lipinski definition) is 0. The zero-order valence-corrected chi connectivity index (χ0v) is 15.2. The van der Waals surface area contributed by atoms with Gasteiger partial charge in [-0.2, -0.15) is 5.10 Å². The number of benzene rings is 1. The molecule has 4 rings (SSSR count). The zero-order valence-electron chi connectivity index (χ0n) is 15.2. The number of amides is 1. The van der Waals surface area contributed by atoms with Crippen molar-refractivity contribution in [2.24, 2.45) is 0 Å². The lowest BCUT2D eigenvalue weighted by atomic mass is 10.1. The van der Waals surface area contributed by atoms with E-state index < -0.39 is 0 Å². The van der Waals surface area contributed by atoms with E-state index in [-0.39, 0.29) is 5.91 Å². The van der Waals surface area contributed by atoms with Gasteiger partial charge < -0.3 is 9.80 Å². The van der Waals surface area contributed by atoms with Gasteiger partial charge in [0.1, 0.15) is 12.7 Å². The molecule has 3 heterocycles. The average Bonchev–Trinajstić information content (AvgIpc) is 3.25. The lowest BCUT2D eigenvalue weighted by Crippen LogP contribution is -2.49. The number of aryl methyl sites for hydroxylation is 1. The van der Waals surface area contributed by atoms with E-state index in [2.05, 4.69) is 25.2 Å². The highest BCUT2D eigenvalue weighted by Gasteiger charge is 2.22. The Morgan fingerprint density at radius 2 is 1.74 bits per heavy atom. The Morgan fingerprint density at radius 1 is 1.00 bits per heavy atom. The van der Waals surface area contributed by atoms with Gasteiger partial charge in [0.05, 0.1) is 6.42 Å². The smallest absolute Gasteiger partial charge is 0.227 e. The second kappa shape index (κ2) is 7.53. The van der Waals surface area contributed by atoms with Crippen LogP contribution < -0.4 is 4.90 Å². The van der Waals surface area contributed by atoms with Crippen molar-refractivity contribution in [2.45, 2.75) is 13.3 Å². The normalized spacial score (nSPS) is 14.4. The molecule has 0 saturated carbocycles. The highest BCUT2D eigenvalue weighted by molar-refractivity contribution is 5.79. The van der Waals surface area contributed by atoms with Crippen LogP contribution in [0.2, 0.25) is 0 Å². The summed E-state index contributed by atoms with van der Waals surface area (Å²) in [6.45, 7) is 4.92. The van der Waals surface area contributed by atoms with E-state index in [9.17, 15) is 4.79 Å². The van der Waals surface area contributed by atoms with E-state index in [0.29, 0.717) is 25.3 Å². The molecule has 1 aliphatic heterocycles. The molecule has 2 aromatic heterocycles. The third kappa shape index (κ3) is 3.79. The quantitative estimate of drug-likeness (QED) is 0.694. The maximum atomic E-state index is 12.6. The summed E-state index contributed by atoms with van der Waals surface area (Å²) in [6.07, 6.45) is 3.50. The molecular weight excluding hydrogens is 342 g/mol. The number of hydrogen-bond acceptors (Lipinski definition) is 6. The first kappa shape index (κ1) is 17.1. The van der Waals surface area contributed by atoms with E-state index in [1.807, 2.05) is 48.2 Å². The second-order valence-corrected chi connectivity index (χ2v) is 6.56. The van der Waals surface area contributed by atoms with Crippen molar-refractivity contribution >= 4 is 11.7 Å². The molecule has 138 valence electrons. The molecule has 1 saturated heterocycles. The predicted molar refractivity (Wildman–Crippen MR) is 101 cm³/mol. The summed E-state index contributed by atoms with van der Waals surface area (Å²) >= 11 is 0. The van der Waals surface area contributed by atoms with Gasteiger partial charge in [0, 0.05) is 26.2 Å². The number of nitrogens with zero attached hydrogens (tertiary/aromatic N) is 7. The molecule has 1 fully saturated rings. The molecule has 0 bridgehead atoms. The van der Waals surface area contributed by atoms with Crippen LogP contribution in [0.4, 0.5) is 5.82 Å². The largest absolute Gasteiger partial charge is 0.352 e. The number of rotatable bonds is 4. The Kier molecular flexibility index (Phi) is 4.78. The summed E-state index contributed by atoms with van der Waals surface area (Å²) in [7, 11) is 0. The number of anilines is 1.